The molecule has 23 heavy (non-hydrogen) atoms. The predicted octanol–water partition coefficient (Wildman–Crippen LogP) is 0.696. The van der Waals surface area contributed by atoms with Gasteiger partial charge in [0.05, 0.1) is 31.6 Å². The van der Waals surface area contributed by atoms with Crippen molar-refractivity contribution in [1.82, 2.24) is 24.6 Å². The molecule has 8 heteroatoms. The highest BCUT2D eigenvalue weighted by Crippen LogP contribution is 2.17. The summed E-state index contributed by atoms with van der Waals surface area (Å²) in [6, 6.07) is -0.213. The van der Waals surface area contributed by atoms with Gasteiger partial charge < -0.3 is 19.4 Å². The van der Waals surface area contributed by atoms with Crippen LogP contribution in [0.3, 0.4) is 0 Å². The lowest BCUT2D eigenvalue weighted by Gasteiger charge is -2.19. The highest BCUT2D eigenvalue weighted by atomic mass is 16.5. The summed E-state index contributed by atoms with van der Waals surface area (Å²) in [4.78, 5) is 16.5. The van der Waals surface area contributed by atoms with Gasteiger partial charge in [-0.05, 0) is 13.8 Å². The summed E-state index contributed by atoms with van der Waals surface area (Å²) in [5, 5.41) is 7.12. The largest absolute Gasteiger partial charge is 0.482 e. The molecule has 0 radical (unpaired) electrons. The monoisotopic (exact) mass is 319 g/mol. The van der Waals surface area contributed by atoms with E-state index in [9.17, 15) is 4.79 Å². The standard InChI is InChI=1S/C15H21N5O3/c1-3-19-6-5-16-14(19)15(21)18-12-9-22-10-13(12)23-11-7-17-20(4-2)8-11/h5-8,12-13H,3-4,9-10H2,1-2H3,(H,18,21)/t12-,13+/m0/s1. The highest BCUT2D eigenvalue weighted by Gasteiger charge is 2.32. The molecule has 0 unspecified atom stereocenters. The first-order valence-corrected chi connectivity index (χ1v) is 7.80. The first-order valence-electron chi connectivity index (χ1n) is 7.80. The molecule has 1 saturated heterocycles. The van der Waals surface area contributed by atoms with Gasteiger partial charge in [0, 0.05) is 25.5 Å². The SMILES string of the molecule is CCn1cc(O[C@@H]2COC[C@@H]2NC(=O)c2nccn2CC)cn1. The van der Waals surface area contributed by atoms with Crippen LogP contribution in [0.4, 0.5) is 0 Å². The molecule has 2 atom stereocenters. The molecule has 0 aliphatic carbocycles. The Kier molecular flexibility index (Phi) is 4.61. The highest BCUT2D eigenvalue weighted by molar-refractivity contribution is 5.91. The lowest BCUT2D eigenvalue weighted by atomic mass is 10.2. The number of carbonyl (C=O) groups is 1. The maximum atomic E-state index is 12.4. The van der Waals surface area contributed by atoms with E-state index in [4.69, 9.17) is 9.47 Å². The van der Waals surface area contributed by atoms with Gasteiger partial charge in [-0.25, -0.2) is 4.98 Å². The smallest absolute Gasteiger partial charge is 0.287 e. The molecule has 1 aliphatic rings. The normalized spacial score (nSPS) is 20.6. The average Bonchev–Trinajstić information content (AvgIpc) is 3.28. The van der Waals surface area contributed by atoms with Gasteiger partial charge in [-0.3, -0.25) is 9.48 Å². The van der Waals surface area contributed by atoms with Crippen molar-refractivity contribution in [3.8, 4) is 5.75 Å². The zero-order chi connectivity index (χ0) is 16.2. The number of imidazole rings is 1. The molecule has 1 N–H and O–H groups in total. The number of amides is 1. The molecule has 0 bridgehead atoms. The Morgan fingerprint density at radius 2 is 2.30 bits per heavy atom. The van der Waals surface area contributed by atoms with Crippen LogP contribution in [-0.2, 0) is 17.8 Å². The molecule has 1 amide bonds. The second kappa shape index (κ2) is 6.82. The van der Waals surface area contributed by atoms with E-state index in [0.29, 0.717) is 31.3 Å². The summed E-state index contributed by atoms with van der Waals surface area (Å²) in [6.07, 6.45) is 6.67. The van der Waals surface area contributed by atoms with Crippen LogP contribution in [0.5, 0.6) is 5.75 Å². The number of hydrogen-bond acceptors (Lipinski definition) is 5. The Balaban J connectivity index is 1.63. The first-order chi connectivity index (χ1) is 11.2. The van der Waals surface area contributed by atoms with E-state index >= 15 is 0 Å². The van der Waals surface area contributed by atoms with Gasteiger partial charge in [0.25, 0.3) is 5.91 Å². The van der Waals surface area contributed by atoms with Crippen molar-refractivity contribution < 1.29 is 14.3 Å². The van der Waals surface area contributed by atoms with Crippen molar-refractivity contribution in [1.29, 1.82) is 0 Å². The van der Waals surface area contributed by atoms with Crippen molar-refractivity contribution in [3.63, 3.8) is 0 Å². The quantitative estimate of drug-likeness (QED) is 0.847. The molecular weight excluding hydrogens is 298 g/mol. The third-order valence-corrected chi connectivity index (χ3v) is 3.83. The van der Waals surface area contributed by atoms with Crippen molar-refractivity contribution in [2.75, 3.05) is 13.2 Å². The van der Waals surface area contributed by atoms with Gasteiger partial charge in [-0.2, -0.15) is 5.10 Å². The fourth-order valence-electron chi connectivity index (χ4n) is 2.54. The predicted molar refractivity (Wildman–Crippen MR) is 82.3 cm³/mol. The molecule has 3 rings (SSSR count). The summed E-state index contributed by atoms with van der Waals surface area (Å²) >= 11 is 0. The Hall–Kier alpha value is -2.35. The number of nitrogens with zero attached hydrogens (tertiary/aromatic N) is 4. The lowest BCUT2D eigenvalue weighted by Crippen LogP contribution is -2.45. The molecule has 1 fully saturated rings. The van der Waals surface area contributed by atoms with E-state index in [2.05, 4.69) is 15.4 Å². The summed E-state index contributed by atoms with van der Waals surface area (Å²) in [6.45, 7) is 6.31. The van der Waals surface area contributed by atoms with Gasteiger partial charge in [0.1, 0.15) is 6.10 Å². The minimum absolute atomic E-state index is 0.213. The minimum Gasteiger partial charge on any atom is -0.482 e. The lowest BCUT2D eigenvalue weighted by molar-refractivity contribution is 0.0889. The van der Waals surface area contributed by atoms with E-state index in [1.165, 1.54) is 0 Å². The number of rotatable bonds is 6. The van der Waals surface area contributed by atoms with Gasteiger partial charge in [0.15, 0.2) is 11.6 Å². The van der Waals surface area contributed by atoms with Crippen LogP contribution in [0, 0.1) is 0 Å². The molecular formula is C15H21N5O3. The fourth-order valence-corrected chi connectivity index (χ4v) is 2.54. The molecule has 124 valence electrons. The summed E-state index contributed by atoms with van der Waals surface area (Å²) in [5.41, 5.74) is 0. The van der Waals surface area contributed by atoms with Gasteiger partial charge in [-0.1, -0.05) is 0 Å². The van der Waals surface area contributed by atoms with E-state index in [1.54, 1.807) is 27.8 Å². The van der Waals surface area contributed by atoms with Crippen LogP contribution in [0.15, 0.2) is 24.8 Å². The zero-order valence-corrected chi connectivity index (χ0v) is 13.3. The maximum Gasteiger partial charge on any atom is 0.287 e. The molecule has 2 aromatic rings. The minimum atomic E-state index is -0.238. The summed E-state index contributed by atoms with van der Waals surface area (Å²) in [7, 11) is 0. The second-order valence-electron chi connectivity index (χ2n) is 5.34. The number of ether oxygens (including phenoxy) is 2. The summed E-state index contributed by atoms with van der Waals surface area (Å²) in [5.74, 6) is 0.860. The van der Waals surface area contributed by atoms with Crippen LogP contribution in [0.25, 0.3) is 0 Å². The number of aryl methyl sites for hydroxylation is 2. The maximum absolute atomic E-state index is 12.4. The molecule has 1 aliphatic heterocycles. The molecule has 0 saturated carbocycles. The first kappa shape index (κ1) is 15.5. The Bertz CT molecular complexity index is 666. The molecule has 2 aromatic heterocycles. The Morgan fingerprint density at radius 1 is 1.43 bits per heavy atom. The average molecular weight is 319 g/mol. The zero-order valence-electron chi connectivity index (χ0n) is 13.3. The van der Waals surface area contributed by atoms with Crippen molar-refractivity contribution in [3.05, 3.63) is 30.6 Å². The molecule has 0 aromatic carbocycles. The van der Waals surface area contributed by atoms with E-state index in [0.717, 1.165) is 6.54 Å². The third kappa shape index (κ3) is 3.37. The number of hydrogen-bond donors (Lipinski definition) is 1. The Labute approximate surface area is 134 Å². The van der Waals surface area contributed by atoms with E-state index in [-0.39, 0.29) is 18.1 Å². The van der Waals surface area contributed by atoms with Crippen molar-refractivity contribution in [2.45, 2.75) is 39.1 Å². The van der Waals surface area contributed by atoms with Crippen molar-refractivity contribution >= 4 is 5.91 Å². The van der Waals surface area contributed by atoms with Crippen LogP contribution >= 0.6 is 0 Å². The topological polar surface area (TPSA) is 83.2 Å². The molecule has 3 heterocycles. The molecule has 0 spiro atoms. The van der Waals surface area contributed by atoms with Crippen LogP contribution in [0.1, 0.15) is 24.5 Å². The van der Waals surface area contributed by atoms with E-state index < -0.39 is 0 Å². The molecule has 8 nitrogen and oxygen atoms in total. The number of nitrogens with one attached hydrogen (secondary N) is 1. The van der Waals surface area contributed by atoms with Gasteiger partial charge >= 0.3 is 0 Å². The van der Waals surface area contributed by atoms with Gasteiger partial charge in [0.2, 0.25) is 0 Å². The summed E-state index contributed by atoms with van der Waals surface area (Å²) < 4.78 is 14.9. The van der Waals surface area contributed by atoms with Crippen molar-refractivity contribution in [2.24, 2.45) is 0 Å². The van der Waals surface area contributed by atoms with Crippen LogP contribution < -0.4 is 10.1 Å². The Morgan fingerprint density at radius 3 is 3.04 bits per heavy atom. The number of carbonyl (C=O) groups excluding carboxylic acids is 1. The fraction of sp³-hybridized carbons (Fsp3) is 0.533. The van der Waals surface area contributed by atoms with Crippen LogP contribution in [-0.4, -0.2) is 50.6 Å². The van der Waals surface area contributed by atoms with Crippen LogP contribution in [0.2, 0.25) is 0 Å². The van der Waals surface area contributed by atoms with Gasteiger partial charge in [-0.15, -0.1) is 0 Å². The van der Waals surface area contributed by atoms with E-state index in [1.807, 2.05) is 20.0 Å². The number of aromatic nitrogens is 4. The third-order valence-electron chi connectivity index (χ3n) is 3.83. The second-order valence-corrected chi connectivity index (χ2v) is 5.34.